The maximum absolute atomic E-state index is 15.8. The van der Waals surface area contributed by atoms with Crippen molar-refractivity contribution in [1.82, 2.24) is 9.55 Å². The number of aromatic nitrogens is 2. The Hall–Kier alpha value is -2.34. The number of H-pyrrole nitrogens is 1. The first-order chi connectivity index (χ1) is 15.7. The van der Waals surface area contributed by atoms with Crippen LogP contribution in [0.15, 0.2) is 27.9 Å². The van der Waals surface area contributed by atoms with Crippen molar-refractivity contribution in [2.45, 2.75) is 51.7 Å². The van der Waals surface area contributed by atoms with E-state index < -0.39 is 49.9 Å². The molecule has 3 heterocycles. The van der Waals surface area contributed by atoms with Gasteiger partial charge in [-0.2, -0.15) is 0 Å². The van der Waals surface area contributed by atoms with Gasteiger partial charge in [0.05, 0.1) is 9.35 Å². The van der Waals surface area contributed by atoms with Crippen molar-refractivity contribution in [3.05, 3.63) is 61.4 Å². The van der Waals surface area contributed by atoms with Crippen LogP contribution in [-0.4, -0.2) is 44.4 Å². The average Bonchev–Trinajstić information content (AvgIpc) is 2.96. The van der Waals surface area contributed by atoms with Crippen LogP contribution < -0.4 is 15.8 Å². The van der Waals surface area contributed by atoms with E-state index in [4.69, 9.17) is 21.0 Å². The number of halogens is 1. The van der Waals surface area contributed by atoms with E-state index in [1.54, 1.807) is 19.1 Å². The molecule has 2 aromatic rings. The molecule has 32 heavy (non-hydrogen) atoms. The highest BCUT2D eigenvalue weighted by Crippen LogP contribution is 2.56. The maximum Gasteiger partial charge on any atom is 0.530 e. The summed E-state index contributed by atoms with van der Waals surface area (Å²) in [7, 11) is -4.77. The van der Waals surface area contributed by atoms with Crippen LogP contribution in [0.25, 0.3) is 0 Å². The Morgan fingerprint density at radius 1 is 1.34 bits per heavy atom. The average molecular weight is 474 g/mol. The lowest BCUT2D eigenvalue weighted by Gasteiger charge is -2.29. The van der Waals surface area contributed by atoms with Gasteiger partial charge < -0.3 is 19.5 Å². The van der Waals surface area contributed by atoms with E-state index in [1.165, 1.54) is 6.92 Å². The molecule has 4 rings (SSSR count). The van der Waals surface area contributed by atoms with Gasteiger partial charge in [-0.15, -0.1) is 0 Å². The molecule has 13 heteroatoms. The minimum atomic E-state index is -4.77. The number of aliphatic hydroxyl groups is 2. The number of benzene rings is 1. The normalized spacial score (nSPS) is 33.2. The number of hydrogen-bond donors (Lipinski definition) is 3. The van der Waals surface area contributed by atoms with Gasteiger partial charge in [0.25, 0.3) is 11.4 Å². The van der Waals surface area contributed by atoms with Crippen molar-refractivity contribution < 1.29 is 40.2 Å². The summed E-state index contributed by atoms with van der Waals surface area (Å²) in [5.74, 6) is -3.71. The smallest absolute Gasteiger partial charge is 0.403 e. The highest BCUT2D eigenvalue weighted by molar-refractivity contribution is 7.49. The quantitative estimate of drug-likeness (QED) is 0.554. The molecule has 1 unspecified atom stereocenters. The van der Waals surface area contributed by atoms with Crippen molar-refractivity contribution in [3.63, 3.8) is 0 Å². The molecule has 1 aromatic carbocycles. The van der Waals surface area contributed by atoms with Gasteiger partial charge in [0.2, 0.25) is 0 Å². The predicted octanol–water partition coefficient (Wildman–Crippen LogP) is 1.11. The Morgan fingerprint density at radius 2 is 2.06 bits per heavy atom. The molecule has 0 bridgehead atoms. The number of aryl methyl sites for hydroxylation is 3. The minimum Gasteiger partial charge on any atom is -0.403 e. The van der Waals surface area contributed by atoms with E-state index in [2.05, 4.69) is 0 Å². The molecule has 1 fully saturated rings. The summed E-state index contributed by atoms with van der Waals surface area (Å²) in [5, 5.41) is 20.7. The summed E-state index contributed by atoms with van der Waals surface area (Å²) >= 11 is 0. The number of fused-ring (bicyclic) bond motifs is 1. The summed E-state index contributed by atoms with van der Waals surface area (Å²) in [6, 6.07) is 3.42. The van der Waals surface area contributed by atoms with Crippen LogP contribution in [0.4, 0.5) is 4.39 Å². The lowest BCUT2D eigenvalue weighted by atomic mass is 10.1. The third-order valence-electron chi connectivity index (χ3n) is 5.08. The summed E-state index contributed by atoms with van der Waals surface area (Å²) in [4.78, 5) is 25.7. The molecule has 174 valence electrons. The largest absolute Gasteiger partial charge is 0.530 e. The van der Waals surface area contributed by atoms with Crippen LogP contribution in [0, 0.1) is 20.8 Å². The number of rotatable bonds is 4. The number of phosphoric acid groups is 1. The van der Waals surface area contributed by atoms with Crippen LogP contribution in [0.2, 0.25) is 0 Å². The minimum absolute atomic E-state index is 0.00165. The van der Waals surface area contributed by atoms with Gasteiger partial charge in [-0.1, -0.05) is 17.7 Å². The standard InChI is InChI=1S/C19H22FN2O9P/c1-9-4-10(2)14-12(5-9)7-28-32(27,31-14)29-8-19(20)15(24)13(23)17(30-19)22-6-11(3)16(25)21-18(22)26/h4-6,13,15,17,23-24H,7-8H2,1-3H3,(H,21,25,26)/t13-,15+,17-,19-,32?/m1/s1/i8D2. The van der Waals surface area contributed by atoms with Crippen molar-refractivity contribution in [2.24, 2.45) is 0 Å². The molecular formula is C19H22FN2O9P. The number of aliphatic hydroxyl groups excluding tert-OH is 2. The van der Waals surface area contributed by atoms with Crippen molar-refractivity contribution in [1.29, 1.82) is 0 Å². The van der Waals surface area contributed by atoms with Crippen LogP contribution >= 0.6 is 7.82 Å². The number of phosphoric ester groups is 1. The summed E-state index contributed by atoms with van der Waals surface area (Å²) < 4.78 is 65.6. The lowest BCUT2D eigenvalue weighted by molar-refractivity contribution is -0.205. The van der Waals surface area contributed by atoms with Crippen molar-refractivity contribution >= 4 is 7.82 Å². The first-order valence-electron chi connectivity index (χ1n) is 10.5. The fourth-order valence-electron chi connectivity index (χ4n) is 3.50. The Kier molecular flexibility index (Phi) is 5.01. The van der Waals surface area contributed by atoms with E-state index >= 15 is 4.39 Å². The number of nitrogens with zero attached hydrogens (tertiary/aromatic N) is 1. The van der Waals surface area contributed by atoms with E-state index in [-0.39, 0.29) is 17.9 Å². The molecule has 0 spiro atoms. The number of alkyl halides is 1. The Bertz CT molecular complexity index is 1320. The summed E-state index contributed by atoms with van der Waals surface area (Å²) in [6.07, 6.45) is -5.78. The van der Waals surface area contributed by atoms with E-state index in [0.29, 0.717) is 15.7 Å². The molecule has 11 nitrogen and oxygen atoms in total. The molecule has 3 N–H and O–H groups in total. The molecule has 0 radical (unpaired) electrons. The molecule has 1 aromatic heterocycles. The van der Waals surface area contributed by atoms with Crippen molar-refractivity contribution in [3.8, 4) is 5.75 Å². The molecule has 2 aliphatic rings. The highest BCUT2D eigenvalue weighted by atomic mass is 31.2. The SMILES string of the molecule is [2H]C([2H])(OP1(=O)OCc2cc(C)cc(C)c2O1)[C@@]1(F)O[C@@H](n2cc(C)c(=O)[nH]c2=O)[C@H](O)[C@@H]1O. The number of nitrogens with one attached hydrogen (secondary N) is 1. The maximum atomic E-state index is 15.8. The predicted molar refractivity (Wildman–Crippen MR) is 107 cm³/mol. The summed E-state index contributed by atoms with van der Waals surface area (Å²) in [5.41, 5.74) is 0.0934. The second kappa shape index (κ2) is 7.91. The van der Waals surface area contributed by atoms with Gasteiger partial charge in [-0.25, -0.2) is 13.8 Å². The second-order valence-electron chi connectivity index (χ2n) is 7.64. The molecule has 0 amide bonds. The zero-order valence-corrected chi connectivity index (χ0v) is 18.1. The van der Waals surface area contributed by atoms with Crippen LogP contribution in [0.1, 0.15) is 31.2 Å². The monoisotopic (exact) mass is 474 g/mol. The topological polar surface area (TPSA) is 149 Å². The Balaban J connectivity index is 1.64. The van der Waals surface area contributed by atoms with Crippen LogP contribution in [0.5, 0.6) is 5.75 Å². The molecule has 0 saturated carbocycles. The Labute approximate surface area is 183 Å². The van der Waals surface area contributed by atoms with E-state index in [9.17, 15) is 24.4 Å². The van der Waals surface area contributed by atoms with Crippen LogP contribution in [0.3, 0.4) is 0 Å². The molecule has 5 atom stereocenters. The van der Waals surface area contributed by atoms with E-state index in [0.717, 1.165) is 11.8 Å². The Morgan fingerprint density at radius 3 is 2.78 bits per heavy atom. The zero-order valence-electron chi connectivity index (χ0n) is 19.2. The number of ether oxygens (including phenoxy) is 1. The van der Waals surface area contributed by atoms with Gasteiger partial charge in [-0.05, 0) is 26.3 Å². The second-order valence-corrected chi connectivity index (χ2v) is 9.16. The lowest BCUT2D eigenvalue weighted by Crippen LogP contribution is -2.43. The number of hydrogen-bond acceptors (Lipinski definition) is 9. The molecule has 0 aliphatic carbocycles. The number of aromatic amines is 1. The highest BCUT2D eigenvalue weighted by Gasteiger charge is 2.57. The van der Waals surface area contributed by atoms with Gasteiger partial charge in [-0.3, -0.25) is 23.4 Å². The van der Waals surface area contributed by atoms with Gasteiger partial charge in [0.15, 0.2) is 6.23 Å². The van der Waals surface area contributed by atoms with Crippen LogP contribution in [-0.2, 0) is 25.0 Å². The fraction of sp³-hybridized carbons (Fsp3) is 0.474. The van der Waals surface area contributed by atoms with Gasteiger partial charge >= 0.3 is 13.5 Å². The molecule has 1 saturated heterocycles. The molecule has 2 aliphatic heterocycles. The van der Waals surface area contributed by atoms with Gasteiger partial charge in [0.1, 0.15) is 24.5 Å². The summed E-state index contributed by atoms with van der Waals surface area (Å²) in [6.45, 7) is 0.808. The first-order valence-corrected chi connectivity index (χ1v) is 10.9. The molecular weight excluding hydrogens is 450 g/mol. The third-order valence-corrected chi connectivity index (χ3v) is 6.25. The fourth-order valence-corrected chi connectivity index (χ4v) is 4.66. The van der Waals surface area contributed by atoms with Gasteiger partial charge in [0, 0.05) is 17.3 Å². The van der Waals surface area contributed by atoms with E-state index in [1.807, 2.05) is 11.9 Å². The zero-order chi connectivity index (χ0) is 25.2. The first kappa shape index (κ1) is 20.3. The van der Waals surface area contributed by atoms with Crippen molar-refractivity contribution in [2.75, 3.05) is 6.56 Å². The third kappa shape index (κ3) is 3.94.